The standard InChI is InChI=1S/C20H26I.C18H30O3S/c1-19(2,3)15-11-7-9-13-17(15)21-18-14-10-8-12-16(18)20(4,5)6;1-2-3-4-5-6-7-8-9-10-11-14-17-15-12-13-16-18(17)22(19,20)21/h7-14H,1-6H3;12-13,15-16H,2-11,14H2,1H3,(H,19,20,21)/q+1;/p-1. The van der Waals surface area contributed by atoms with Gasteiger partial charge in [-0.05, 0) is 47.4 Å². The molecule has 3 rings (SSSR count). The molecular formula is C38H55IO3S. The first kappa shape index (κ1) is 37.5. The van der Waals surface area contributed by atoms with Crippen molar-refractivity contribution in [2.45, 2.75) is 135 Å². The highest BCUT2D eigenvalue weighted by Gasteiger charge is 2.30. The van der Waals surface area contributed by atoms with Crippen LogP contribution in [-0.2, 0) is 27.4 Å². The van der Waals surface area contributed by atoms with Gasteiger partial charge < -0.3 is 4.55 Å². The zero-order valence-electron chi connectivity index (χ0n) is 27.7. The van der Waals surface area contributed by atoms with E-state index >= 15 is 0 Å². The van der Waals surface area contributed by atoms with Crippen molar-refractivity contribution in [2.24, 2.45) is 0 Å². The Kier molecular flexibility index (Phi) is 16.0. The SMILES string of the molecule is CC(C)(C)c1ccccc1[I+]c1ccccc1C(C)(C)C.CCCCCCCCCCCCc1ccccc1S(=O)(=O)[O-]. The van der Waals surface area contributed by atoms with Gasteiger partial charge in [0, 0.05) is 11.1 Å². The maximum absolute atomic E-state index is 11.2. The van der Waals surface area contributed by atoms with Gasteiger partial charge in [0.05, 0.1) is 4.90 Å². The second-order valence-electron chi connectivity index (χ2n) is 13.5. The van der Waals surface area contributed by atoms with Crippen LogP contribution in [0.1, 0.15) is 129 Å². The van der Waals surface area contributed by atoms with Crippen molar-refractivity contribution in [3.63, 3.8) is 0 Å². The third kappa shape index (κ3) is 13.9. The molecule has 3 aromatic carbocycles. The molecule has 0 aromatic heterocycles. The summed E-state index contributed by atoms with van der Waals surface area (Å²) in [4.78, 5) is -0.0501. The van der Waals surface area contributed by atoms with E-state index in [-0.39, 0.29) is 36.9 Å². The number of aryl methyl sites for hydroxylation is 1. The minimum absolute atomic E-state index is 0.0501. The molecular weight excluding hydrogens is 663 g/mol. The lowest BCUT2D eigenvalue weighted by Crippen LogP contribution is -3.62. The van der Waals surface area contributed by atoms with Crippen LogP contribution in [0, 0.1) is 7.14 Å². The predicted molar refractivity (Wildman–Crippen MR) is 178 cm³/mol. The van der Waals surface area contributed by atoms with Crippen molar-refractivity contribution in [1.82, 2.24) is 0 Å². The van der Waals surface area contributed by atoms with Gasteiger partial charge in [0.1, 0.15) is 10.1 Å². The van der Waals surface area contributed by atoms with Gasteiger partial charge >= 0.3 is 21.2 Å². The Balaban J connectivity index is 0.000000300. The molecule has 0 heterocycles. The lowest BCUT2D eigenvalue weighted by atomic mass is 9.87. The van der Waals surface area contributed by atoms with Crippen LogP contribution in [0.3, 0.4) is 0 Å². The van der Waals surface area contributed by atoms with Crippen molar-refractivity contribution in [3.05, 3.63) is 96.6 Å². The van der Waals surface area contributed by atoms with Gasteiger partial charge in [-0.25, -0.2) is 8.42 Å². The summed E-state index contributed by atoms with van der Waals surface area (Å²) >= 11 is -0.147. The van der Waals surface area contributed by atoms with E-state index in [0.717, 1.165) is 12.8 Å². The van der Waals surface area contributed by atoms with Crippen molar-refractivity contribution in [2.75, 3.05) is 0 Å². The zero-order valence-corrected chi connectivity index (χ0v) is 30.7. The Morgan fingerprint density at radius 3 is 1.42 bits per heavy atom. The Morgan fingerprint density at radius 1 is 0.581 bits per heavy atom. The highest BCUT2D eigenvalue weighted by molar-refractivity contribution is 7.85. The van der Waals surface area contributed by atoms with Crippen LogP contribution >= 0.6 is 0 Å². The fraction of sp³-hybridized carbons (Fsp3) is 0.526. The van der Waals surface area contributed by atoms with Crippen molar-refractivity contribution >= 4 is 10.1 Å². The topological polar surface area (TPSA) is 57.2 Å². The van der Waals surface area contributed by atoms with E-state index in [1.54, 1.807) is 25.3 Å². The fourth-order valence-corrected chi connectivity index (χ4v) is 9.87. The van der Waals surface area contributed by atoms with E-state index in [4.69, 9.17) is 0 Å². The van der Waals surface area contributed by atoms with Gasteiger partial charge in [0.15, 0.2) is 7.14 Å². The Labute approximate surface area is 274 Å². The zero-order chi connectivity index (χ0) is 31.9. The maximum atomic E-state index is 11.2. The summed E-state index contributed by atoms with van der Waals surface area (Å²) in [5, 5.41) is 0. The normalized spacial score (nSPS) is 12.1. The summed E-state index contributed by atoms with van der Waals surface area (Å²) in [6, 6.07) is 24.5. The van der Waals surface area contributed by atoms with Gasteiger partial charge in [-0.3, -0.25) is 0 Å². The van der Waals surface area contributed by atoms with Crippen LogP contribution in [0.25, 0.3) is 0 Å². The van der Waals surface area contributed by atoms with Gasteiger partial charge in [-0.15, -0.1) is 0 Å². The number of halogens is 1. The second kappa shape index (κ2) is 18.3. The quantitative estimate of drug-likeness (QED) is 0.0989. The van der Waals surface area contributed by atoms with Gasteiger partial charge in [-0.1, -0.05) is 161 Å². The molecule has 0 aliphatic rings. The average molecular weight is 719 g/mol. The fourth-order valence-electron chi connectivity index (χ4n) is 5.17. The molecule has 3 nitrogen and oxygen atoms in total. The molecule has 3 aromatic rings. The van der Waals surface area contributed by atoms with E-state index in [1.165, 1.54) is 68.6 Å². The molecule has 0 saturated carbocycles. The molecule has 0 unspecified atom stereocenters. The molecule has 0 aliphatic heterocycles. The van der Waals surface area contributed by atoms with Crippen molar-refractivity contribution in [3.8, 4) is 0 Å². The number of benzene rings is 3. The predicted octanol–water partition coefficient (Wildman–Crippen LogP) is 7.46. The van der Waals surface area contributed by atoms with E-state index < -0.39 is 10.1 Å². The lowest BCUT2D eigenvalue weighted by Gasteiger charge is -2.20. The van der Waals surface area contributed by atoms with Gasteiger partial charge in [0.25, 0.3) is 0 Å². The molecule has 0 bridgehead atoms. The van der Waals surface area contributed by atoms with Crippen molar-refractivity contribution < 1.29 is 34.2 Å². The highest BCUT2D eigenvalue weighted by atomic mass is 127. The Bertz CT molecular complexity index is 1280. The minimum Gasteiger partial charge on any atom is -0.744 e. The second-order valence-corrected chi connectivity index (χ2v) is 17.8. The lowest BCUT2D eigenvalue weighted by molar-refractivity contribution is -0.599. The molecule has 5 heteroatoms. The summed E-state index contributed by atoms with van der Waals surface area (Å²) in [6.45, 7) is 16.1. The van der Waals surface area contributed by atoms with Gasteiger partial charge in [0.2, 0.25) is 0 Å². The van der Waals surface area contributed by atoms with Crippen LogP contribution in [-0.4, -0.2) is 13.0 Å². The number of hydrogen-bond donors (Lipinski definition) is 0. The van der Waals surface area contributed by atoms with E-state index in [1.807, 2.05) is 0 Å². The first-order valence-electron chi connectivity index (χ1n) is 16.1. The van der Waals surface area contributed by atoms with E-state index in [0.29, 0.717) is 12.0 Å². The van der Waals surface area contributed by atoms with Gasteiger partial charge in [-0.2, -0.15) is 0 Å². The first-order chi connectivity index (χ1) is 20.2. The third-order valence-electron chi connectivity index (χ3n) is 7.61. The smallest absolute Gasteiger partial charge is 0.358 e. The Hall–Kier alpha value is -1.70. The summed E-state index contributed by atoms with van der Waals surface area (Å²) in [6.07, 6.45) is 13.2. The summed E-state index contributed by atoms with van der Waals surface area (Å²) < 4.78 is 36.7. The average Bonchev–Trinajstić information content (AvgIpc) is 2.93. The monoisotopic (exact) mass is 718 g/mol. The van der Waals surface area contributed by atoms with E-state index in [2.05, 4.69) is 97.0 Å². The molecule has 0 amide bonds. The molecule has 0 fully saturated rings. The minimum atomic E-state index is -4.35. The van der Waals surface area contributed by atoms with Crippen LogP contribution in [0.2, 0.25) is 0 Å². The number of rotatable bonds is 14. The molecule has 0 aliphatic carbocycles. The number of unbranched alkanes of at least 4 members (excludes halogenated alkanes) is 9. The highest BCUT2D eigenvalue weighted by Crippen LogP contribution is 2.23. The summed E-state index contributed by atoms with van der Waals surface area (Å²) in [7, 11) is -4.35. The van der Waals surface area contributed by atoms with E-state index in [9.17, 15) is 13.0 Å². The molecule has 0 spiro atoms. The van der Waals surface area contributed by atoms with Crippen LogP contribution in [0.5, 0.6) is 0 Å². The molecule has 0 saturated heterocycles. The molecule has 0 atom stereocenters. The van der Waals surface area contributed by atoms with Crippen LogP contribution in [0.15, 0.2) is 77.7 Å². The molecule has 43 heavy (non-hydrogen) atoms. The van der Waals surface area contributed by atoms with Crippen molar-refractivity contribution in [1.29, 1.82) is 0 Å². The summed E-state index contributed by atoms with van der Waals surface area (Å²) in [5.74, 6) is 0. The molecule has 0 radical (unpaired) electrons. The molecule has 238 valence electrons. The van der Waals surface area contributed by atoms with Crippen LogP contribution in [0.4, 0.5) is 0 Å². The molecule has 0 N–H and O–H groups in total. The Morgan fingerprint density at radius 2 is 0.977 bits per heavy atom. The largest absolute Gasteiger partial charge is 0.744 e. The van der Waals surface area contributed by atoms with Crippen LogP contribution < -0.4 is 21.2 Å². The summed E-state index contributed by atoms with van der Waals surface area (Å²) in [5.41, 5.74) is 4.10. The third-order valence-corrected chi connectivity index (χ3v) is 11.6. The first-order valence-corrected chi connectivity index (χ1v) is 19.7. The number of hydrogen-bond acceptors (Lipinski definition) is 3. The maximum Gasteiger partial charge on any atom is 0.358 e.